The van der Waals surface area contributed by atoms with Crippen molar-refractivity contribution < 1.29 is 4.74 Å². The van der Waals surface area contributed by atoms with Crippen LogP contribution in [0.3, 0.4) is 0 Å². The molecule has 2 rings (SSSR count). The second-order valence-corrected chi connectivity index (χ2v) is 5.68. The summed E-state index contributed by atoms with van der Waals surface area (Å²) in [5.41, 5.74) is 6.17. The number of hydrogen-bond donors (Lipinski definition) is 1. The van der Waals surface area contributed by atoms with E-state index in [1.54, 1.807) is 0 Å². The summed E-state index contributed by atoms with van der Waals surface area (Å²) < 4.78 is 6.09. The maximum atomic E-state index is 6.17. The van der Waals surface area contributed by atoms with Gasteiger partial charge in [-0.1, -0.05) is 38.5 Å². The lowest BCUT2D eigenvalue weighted by atomic mass is 9.90. The predicted octanol–water partition coefficient (Wildman–Crippen LogP) is 3.24. The van der Waals surface area contributed by atoms with Crippen LogP contribution < -0.4 is 5.73 Å². The molecule has 0 spiro atoms. The summed E-state index contributed by atoms with van der Waals surface area (Å²) in [4.78, 5) is 0. The summed E-state index contributed by atoms with van der Waals surface area (Å²) in [7, 11) is 0. The predicted molar refractivity (Wildman–Crippen MR) is 67.4 cm³/mol. The van der Waals surface area contributed by atoms with E-state index in [0.29, 0.717) is 12.1 Å². The van der Waals surface area contributed by atoms with Crippen molar-refractivity contribution in [3.8, 4) is 0 Å². The molecule has 0 aliphatic heterocycles. The van der Waals surface area contributed by atoms with Crippen molar-refractivity contribution in [2.45, 2.75) is 76.4 Å². The van der Waals surface area contributed by atoms with Gasteiger partial charge in [-0.2, -0.15) is 0 Å². The van der Waals surface area contributed by atoms with Gasteiger partial charge in [-0.3, -0.25) is 0 Å². The molecule has 2 heteroatoms. The van der Waals surface area contributed by atoms with Gasteiger partial charge in [0.05, 0.1) is 6.10 Å². The van der Waals surface area contributed by atoms with E-state index in [0.717, 1.165) is 18.9 Å². The normalized spacial score (nSPS) is 33.6. The standard InChI is InChI=1S/C14H27NO/c15-13-9-5-2-6-10-14(13)16-11-12-7-3-1-4-8-12/h12-14H,1-11,15H2. The Labute approximate surface area is 99.9 Å². The number of ether oxygens (including phenoxy) is 1. The van der Waals surface area contributed by atoms with Crippen LogP contribution in [0.5, 0.6) is 0 Å². The average molecular weight is 225 g/mol. The van der Waals surface area contributed by atoms with Gasteiger partial charge in [0.15, 0.2) is 0 Å². The summed E-state index contributed by atoms with van der Waals surface area (Å²) in [6, 6.07) is 0.297. The van der Waals surface area contributed by atoms with Crippen LogP contribution in [-0.4, -0.2) is 18.8 Å². The van der Waals surface area contributed by atoms with Crippen LogP contribution >= 0.6 is 0 Å². The maximum absolute atomic E-state index is 6.17. The molecule has 0 radical (unpaired) electrons. The van der Waals surface area contributed by atoms with Gasteiger partial charge >= 0.3 is 0 Å². The zero-order valence-corrected chi connectivity index (χ0v) is 10.5. The van der Waals surface area contributed by atoms with Gasteiger partial charge in [0, 0.05) is 12.6 Å². The molecule has 0 aromatic carbocycles. The lowest BCUT2D eigenvalue weighted by Crippen LogP contribution is -2.37. The highest BCUT2D eigenvalue weighted by Gasteiger charge is 2.22. The third kappa shape index (κ3) is 3.74. The zero-order chi connectivity index (χ0) is 11.2. The Kier molecular flexibility index (Phi) is 5.11. The Morgan fingerprint density at radius 3 is 2.19 bits per heavy atom. The van der Waals surface area contributed by atoms with Crippen molar-refractivity contribution in [1.29, 1.82) is 0 Å². The lowest BCUT2D eigenvalue weighted by Gasteiger charge is -2.27. The van der Waals surface area contributed by atoms with Crippen LogP contribution in [-0.2, 0) is 4.74 Å². The molecule has 2 fully saturated rings. The van der Waals surface area contributed by atoms with Crippen LogP contribution in [0.25, 0.3) is 0 Å². The minimum atomic E-state index is 0.297. The summed E-state index contributed by atoms with van der Waals surface area (Å²) in [6.45, 7) is 0.971. The van der Waals surface area contributed by atoms with Crippen molar-refractivity contribution >= 4 is 0 Å². The second-order valence-electron chi connectivity index (χ2n) is 5.68. The third-order valence-electron chi connectivity index (χ3n) is 4.27. The molecule has 0 aromatic rings. The Morgan fingerprint density at radius 2 is 1.44 bits per heavy atom. The summed E-state index contributed by atoms with van der Waals surface area (Å²) in [6.07, 6.45) is 13.6. The van der Waals surface area contributed by atoms with Crippen molar-refractivity contribution in [3.05, 3.63) is 0 Å². The van der Waals surface area contributed by atoms with Gasteiger partial charge in [0.25, 0.3) is 0 Å². The molecule has 0 bridgehead atoms. The molecule has 2 nitrogen and oxygen atoms in total. The molecular weight excluding hydrogens is 198 g/mol. The molecule has 16 heavy (non-hydrogen) atoms. The fourth-order valence-corrected chi connectivity index (χ4v) is 3.12. The number of hydrogen-bond acceptors (Lipinski definition) is 2. The fraction of sp³-hybridized carbons (Fsp3) is 1.00. The number of nitrogens with two attached hydrogens (primary N) is 1. The minimum absolute atomic E-state index is 0.297. The van der Waals surface area contributed by atoms with Crippen molar-refractivity contribution in [2.24, 2.45) is 11.7 Å². The molecule has 2 aliphatic rings. The van der Waals surface area contributed by atoms with Crippen LogP contribution in [0.2, 0.25) is 0 Å². The smallest absolute Gasteiger partial charge is 0.0726 e. The van der Waals surface area contributed by atoms with Gasteiger partial charge in [0.1, 0.15) is 0 Å². The fourth-order valence-electron chi connectivity index (χ4n) is 3.12. The van der Waals surface area contributed by atoms with Crippen molar-refractivity contribution in [3.63, 3.8) is 0 Å². The number of rotatable bonds is 3. The first-order valence-corrected chi connectivity index (χ1v) is 7.23. The first-order chi connectivity index (χ1) is 7.86. The van der Waals surface area contributed by atoms with Gasteiger partial charge in [-0.05, 0) is 31.6 Å². The average Bonchev–Trinajstić information content (AvgIpc) is 2.53. The van der Waals surface area contributed by atoms with Crippen molar-refractivity contribution in [1.82, 2.24) is 0 Å². The summed E-state index contributed by atoms with van der Waals surface area (Å²) >= 11 is 0. The van der Waals surface area contributed by atoms with Gasteiger partial charge in [-0.15, -0.1) is 0 Å². The molecule has 2 N–H and O–H groups in total. The molecule has 0 saturated heterocycles. The van der Waals surface area contributed by atoms with E-state index in [-0.39, 0.29) is 0 Å². The molecular formula is C14H27NO. The largest absolute Gasteiger partial charge is 0.376 e. The minimum Gasteiger partial charge on any atom is -0.376 e. The Bertz CT molecular complexity index is 189. The quantitative estimate of drug-likeness (QED) is 0.748. The van der Waals surface area contributed by atoms with E-state index in [4.69, 9.17) is 10.5 Å². The van der Waals surface area contributed by atoms with Gasteiger partial charge < -0.3 is 10.5 Å². The van der Waals surface area contributed by atoms with E-state index in [1.807, 2.05) is 0 Å². The highest BCUT2D eigenvalue weighted by Crippen LogP contribution is 2.26. The molecule has 94 valence electrons. The Hall–Kier alpha value is -0.0800. The summed E-state index contributed by atoms with van der Waals surface area (Å²) in [5.74, 6) is 0.823. The second kappa shape index (κ2) is 6.61. The van der Waals surface area contributed by atoms with Crippen LogP contribution in [0.4, 0.5) is 0 Å². The monoisotopic (exact) mass is 225 g/mol. The van der Waals surface area contributed by atoms with Crippen LogP contribution in [0, 0.1) is 5.92 Å². The van der Waals surface area contributed by atoms with E-state index in [9.17, 15) is 0 Å². The van der Waals surface area contributed by atoms with E-state index >= 15 is 0 Å². The van der Waals surface area contributed by atoms with E-state index in [2.05, 4.69) is 0 Å². The maximum Gasteiger partial charge on any atom is 0.0726 e. The third-order valence-corrected chi connectivity index (χ3v) is 4.27. The van der Waals surface area contributed by atoms with Crippen LogP contribution in [0.1, 0.15) is 64.2 Å². The zero-order valence-electron chi connectivity index (χ0n) is 10.5. The SMILES string of the molecule is NC1CCCCCC1OCC1CCCCC1. The molecule has 2 aliphatic carbocycles. The topological polar surface area (TPSA) is 35.2 Å². The molecule has 0 heterocycles. The lowest BCUT2D eigenvalue weighted by molar-refractivity contribution is 0.00322. The first-order valence-electron chi connectivity index (χ1n) is 7.23. The Morgan fingerprint density at radius 1 is 0.812 bits per heavy atom. The van der Waals surface area contributed by atoms with Gasteiger partial charge in [0.2, 0.25) is 0 Å². The van der Waals surface area contributed by atoms with E-state index < -0.39 is 0 Å². The molecule has 0 aromatic heterocycles. The molecule has 2 unspecified atom stereocenters. The Balaban J connectivity index is 1.70. The van der Waals surface area contributed by atoms with Gasteiger partial charge in [-0.25, -0.2) is 0 Å². The highest BCUT2D eigenvalue weighted by atomic mass is 16.5. The molecule has 2 atom stereocenters. The molecule has 0 amide bonds. The summed E-state index contributed by atoms with van der Waals surface area (Å²) in [5, 5.41) is 0. The van der Waals surface area contributed by atoms with E-state index in [1.165, 1.54) is 57.8 Å². The first kappa shape index (κ1) is 12.4. The van der Waals surface area contributed by atoms with Crippen LogP contribution in [0.15, 0.2) is 0 Å². The molecule has 2 saturated carbocycles. The van der Waals surface area contributed by atoms with Crippen molar-refractivity contribution in [2.75, 3.05) is 6.61 Å². The highest BCUT2D eigenvalue weighted by molar-refractivity contribution is 4.77.